The zero-order valence-electron chi connectivity index (χ0n) is 30.3. The number of unbranched alkanes of at least 4 members (excludes halogenated alkanes) is 24. The molecule has 0 heterocycles. The number of ether oxygens (including phenoxy) is 2. The largest absolute Gasteiger partial charge is 0.472 e. The van der Waals surface area contributed by atoms with Crippen LogP contribution in [0.25, 0.3) is 0 Å². The third kappa shape index (κ3) is 35.2. The van der Waals surface area contributed by atoms with Gasteiger partial charge < -0.3 is 14.4 Å². The topological polar surface area (TPSA) is 108 Å². The van der Waals surface area contributed by atoms with Gasteiger partial charge in [0, 0.05) is 18.2 Å². The summed E-state index contributed by atoms with van der Waals surface area (Å²) in [5, 5.41) is 0.370. The zero-order chi connectivity index (χ0) is 34.7. The van der Waals surface area contributed by atoms with E-state index in [0.29, 0.717) is 11.8 Å². The number of carbonyl (C=O) groups excluding carboxylic acids is 2. The second-order valence-electron chi connectivity index (χ2n) is 13.1. The summed E-state index contributed by atoms with van der Waals surface area (Å²) in [4.78, 5) is 34.7. The van der Waals surface area contributed by atoms with Crippen molar-refractivity contribution in [2.24, 2.45) is 0 Å². The summed E-state index contributed by atoms with van der Waals surface area (Å²) in [6, 6.07) is 0. The monoisotopic (exact) mass is 754 g/mol. The Kier molecular flexibility index (Phi) is 35.0. The van der Waals surface area contributed by atoms with Gasteiger partial charge in [0.05, 0.1) is 13.2 Å². The lowest BCUT2D eigenvalue weighted by Gasteiger charge is -2.19. The molecule has 0 bridgehead atoms. The molecule has 1 N–H and O–H groups in total. The van der Waals surface area contributed by atoms with Gasteiger partial charge in [-0.2, -0.15) is 0 Å². The first-order valence-electron chi connectivity index (χ1n) is 19.4. The molecule has 0 aromatic heterocycles. The number of hydrogen-bond donors (Lipinski definition) is 1. The summed E-state index contributed by atoms with van der Waals surface area (Å²) < 4.78 is 32.8. The number of esters is 2. The molecule has 0 fully saturated rings. The van der Waals surface area contributed by atoms with Crippen LogP contribution < -0.4 is 0 Å². The van der Waals surface area contributed by atoms with Crippen LogP contribution in [0.4, 0.5) is 0 Å². The van der Waals surface area contributed by atoms with Crippen LogP contribution in [0, 0.1) is 0 Å². The van der Waals surface area contributed by atoms with Crippen molar-refractivity contribution in [3.8, 4) is 0 Å². The summed E-state index contributed by atoms with van der Waals surface area (Å²) in [6.07, 6.45) is 31.4. The maximum atomic E-state index is 12.5. The van der Waals surface area contributed by atoms with E-state index >= 15 is 0 Å². The predicted octanol–water partition coefficient (Wildman–Crippen LogP) is 11.9. The summed E-state index contributed by atoms with van der Waals surface area (Å²) in [5.74, 6) is -0.795. The predicted molar refractivity (Wildman–Crippen MR) is 197 cm³/mol. The number of carbonyl (C=O) groups is 2. The number of hydrogen-bond acceptors (Lipinski definition) is 7. The minimum atomic E-state index is -4.31. The lowest BCUT2D eigenvalue weighted by atomic mass is 10.0. The Morgan fingerprint density at radius 2 is 0.915 bits per heavy atom. The molecular weight excluding hydrogens is 683 g/mol. The molecule has 10 heteroatoms. The van der Waals surface area contributed by atoms with Gasteiger partial charge in [0.25, 0.3) is 0 Å². The number of phosphoric acid groups is 1. The van der Waals surface area contributed by atoms with Crippen LogP contribution in [0.5, 0.6) is 0 Å². The van der Waals surface area contributed by atoms with E-state index in [-0.39, 0.29) is 25.6 Å². The molecule has 0 rings (SSSR count). The van der Waals surface area contributed by atoms with E-state index < -0.39 is 26.5 Å². The van der Waals surface area contributed by atoms with E-state index in [0.717, 1.165) is 38.5 Å². The fourth-order valence-electron chi connectivity index (χ4n) is 5.56. The maximum absolute atomic E-state index is 12.5. The fraction of sp³-hybridized carbons (Fsp3) is 0.946. The van der Waals surface area contributed by atoms with Gasteiger partial charge in [-0.05, 0) is 12.8 Å². The average Bonchev–Trinajstić information content (AvgIpc) is 3.05. The van der Waals surface area contributed by atoms with Crippen molar-refractivity contribution in [2.75, 3.05) is 25.2 Å². The molecule has 0 saturated carbocycles. The highest BCUT2D eigenvalue weighted by atomic mass is 79.9. The van der Waals surface area contributed by atoms with E-state index in [1.807, 2.05) is 0 Å². The highest BCUT2D eigenvalue weighted by molar-refractivity contribution is 9.09. The van der Waals surface area contributed by atoms with E-state index in [4.69, 9.17) is 18.5 Å². The molecule has 0 spiro atoms. The number of alkyl halides is 1. The lowest BCUT2D eigenvalue weighted by Crippen LogP contribution is -2.29. The molecule has 0 aliphatic rings. The van der Waals surface area contributed by atoms with Gasteiger partial charge in [0.1, 0.15) is 6.61 Å². The Balaban J connectivity index is 4.18. The number of phosphoric ester groups is 1. The van der Waals surface area contributed by atoms with Crippen LogP contribution in [0.3, 0.4) is 0 Å². The highest BCUT2D eigenvalue weighted by Gasteiger charge is 2.26. The molecule has 280 valence electrons. The Bertz CT molecular complexity index is 754. The average molecular weight is 756 g/mol. The minimum Gasteiger partial charge on any atom is -0.462 e. The van der Waals surface area contributed by atoms with Crippen molar-refractivity contribution < 1.29 is 37.6 Å². The van der Waals surface area contributed by atoms with Crippen LogP contribution in [-0.2, 0) is 32.7 Å². The zero-order valence-corrected chi connectivity index (χ0v) is 32.8. The van der Waals surface area contributed by atoms with Gasteiger partial charge >= 0.3 is 19.8 Å². The molecule has 0 saturated heterocycles. The highest BCUT2D eigenvalue weighted by Crippen LogP contribution is 2.43. The molecule has 0 aliphatic carbocycles. The minimum absolute atomic E-state index is 0.00854. The quantitative estimate of drug-likeness (QED) is 0.0289. The number of rotatable bonds is 37. The van der Waals surface area contributed by atoms with Gasteiger partial charge in [0.15, 0.2) is 6.10 Å². The second-order valence-corrected chi connectivity index (χ2v) is 15.3. The molecule has 0 amide bonds. The Morgan fingerprint density at radius 3 is 1.30 bits per heavy atom. The third-order valence-corrected chi connectivity index (χ3v) is 9.76. The SMILES string of the molecule is CCCCCCCCCCCCCCCC(=O)OCC(COP(=O)(O)OCCBr)OC(=O)CCCCCCCCCCCCCCC. The smallest absolute Gasteiger partial charge is 0.462 e. The molecule has 0 aliphatic heterocycles. The summed E-state index contributed by atoms with van der Waals surface area (Å²) in [6.45, 7) is 3.87. The Hall–Kier alpha value is -0.470. The van der Waals surface area contributed by atoms with E-state index in [1.165, 1.54) is 128 Å². The van der Waals surface area contributed by atoms with Crippen molar-refractivity contribution in [3.63, 3.8) is 0 Å². The van der Waals surface area contributed by atoms with Gasteiger partial charge in [-0.3, -0.25) is 18.6 Å². The summed E-state index contributed by atoms with van der Waals surface area (Å²) in [7, 11) is -4.31. The van der Waals surface area contributed by atoms with E-state index in [9.17, 15) is 19.0 Å². The van der Waals surface area contributed by atoms with Gasteiger partial charge in [-0.1, -0.05) is 184 Å². The van der Waals surface area contributed by atoms with Crippen molar-refractivity contribution >= 4 is 35.7 Å². The molecule has 2 unspecified atom stereocenters. The molecule has 0 aromatic carbocycles. The normalized spacial score (nSPS) is 13.4. The van der Waals surface area contributed by atoms with Crippen molar-refractivity contribution in [3.05, 3.63) is 0 Å². The third-order valence-electron chi connectivity index (χ3n) is 8.45. The fourth-order valence-corrected chi connectivity index (χ4v) is 6.72. The molecule has 47 heavy (non-hydrogen) atoms. The van der Waals surface area contributed by atoms with Gasteiger partial charge in [0.2, 0.25) is 0 Å². The molecular formula is C37H72BrO8P. The molecule has 0 aromatic rings. The Morgan fingerprint density at radius 1 is 0.553 bits per heavy atom. The summed E-state index contributed by atoms with van der Waals surface area (Å²) >= 11 is 3.13. The van der Waals surface area contributed by atoms with Gasteiger partial charge in [-0.25, -0.2) is 4.57 Å². The van der Waals surface area contributed by atoms with Crippen LogP contribution in [0.15, 0.2) is 0 Å². The lowest BCUT2D eigenvalue weighted by molar-refractivity contribution is -0.161. The van der Waals surface area contributed by atoms with Gasteiger partial charge in [-0.15, -0.1) is 0 Å². The standard InChI is InChI=1S/C37H72BrO8P/c1-3-5-7-9-11-13-15-17-19-21-23-25-27-29-36(39)43-33-35(34-45-47(41,42)44-32-31-38)46-37(40)30-28-26-24-22-20-18-16-14-12-10-8-6-4-2/h35H,3-34H2,1-2H3,(H,41,42). The first-order chi connectivity index (χ1) is 22.8. The first kappa shape index (κ1) is 46.5. The molecule has 2 atom stereocenters. The van der Waals surface area contributed by atoms with E-state index in [2.05, 4.69) is 29.8 Å². The number of halogens is 1. The van der Waals surface area contributed by atoms with Crippen molar-refractivity contribution in [1.29, 1.82) is 0 Å². The van der Waals surface area contributed by atoms with Crippen LogP contribution in [0.2, 0.25) is 0 Å². The Labute approximate surface area is 297 Å². The van der Waals surface area contributed by atoms with E-state index in [1.54, 1.807) is 0 Å². The summed E-state index contributed by atoms with van der Waals surface area (Å²) in [5.41, 5.74) is 0. The molecule has 8 nitrogen and oxygen atoms in total. The van der Waals surface area contributed by atoms with Crippen LogP contribution in [-0.4, -0.2) is 48.1 Å². The molecule has 0 radical (unpaired) electrons. The van der Waals surface area contributed by atoms with Crippen LogP contribution >= 0.6 is 23.8 Å². The second kappa shape index (κ2) is 35.4. The first-order valence-corrected chi connectivity index (χ1v) is 22.0. The van der Waals surface area contributed by atoms with Crippen molar-refractivity contribution in [1.82, 2.24) is 0 Å². The van der Waals surface area contributed by atoms with Crippen molar-refractivity contribution in [2.45, 2.75) is 200 Å². The van der Waals surface area contributed by atoms with Crippen LogP contribution in [0.1, 0.15) is 194 Å². The maximum Gasteiger partial charge on any atom is 0.472 e.